The summed E-state index contributed by atoms with van der Waals surface area (Å²) in [6, 6.07) is 3.19. The number of carbonyl (C=O) groups is 2. The summed E-state index contributed by atoms with van der Waals surface area (Å²) in [5.74, 6) is -0.127. The molecule has 0 aliphatic carbocycles. The summed E-state index contributed by atoms with van der Waals surface area (Å²) in [5, 5.41) is 5.84. The molecular weight excluding hydrogens is 260 g/mol. The maximum absolute atomic E-state index is 11.1. The molecular formula is C11H11ClN2O4. The average molecular weight is 271 g/mol. The summed E-state index contributed by atoms with van der Waals surface area (Å²) < 4.78 is 9.74. The molecule has 1 aliphatic rings. The van der Waals surface area contributed by atoms with E-state index in [4.69, 9.17) is 16.3 Å². The fourth-order valence-corrected chi connectivity index (χ4v) is 1.71. The Kier molecular flexibility index (Phi) is 3.57. The highest BCUT2D eigenvalue weighted by molar-refractivity contribution is 6.33. The number of methoxy groups -OCH3 is 1. The van der Waals surface area contributed by atoms with Crippen LogP contribution < -0.4 is 15.4 Å². The molecule has 0 bridgehead atoms. The SMILES string of the molecule is COC(=O)CNc1cc2c(cc1Cl)NC(=O)CO2. The van der Waals surface area contributed by atoms with E-state index in [2.05, 4.69) is 15.4 Å². The van der Waals surface area contributed by atoms with Gasteiger partial charge in [0.15, 0.2) is 6.61 Å². The topological polar surface area (TPSA) is 76.7 Å². The maximum atomic E-state index is 11.1. The van der Waals surface area contributed by atoms with Crippen LogP contribution in [0.25, 0.3) is 0 Å². The Bertz CT molecular complexity index is 504. The van der Waals surface area contributed by atoms with Gasteiger partial charge in [-0.05, 0) is 6.07 Å². The molecule has 0 saturated carbocycles. The molecule has 6 nitrogen and oxygen atoms in total. The van der Waals surface area contributed by atoms with Gasteiger partial charge in [0.25, 0.3) is 5.91 Å². The third-order valence-corrected chi connectivity index (χ3v) is 2.67. The van der Waals surface area contributed by atoms with Crippen LogP contribution in [0.1, 0.15) is 0 Å². The van der Waals surface area contributed by atoms with E-state index >= 15 is 0 Å². The lowest BCUT2D eigenvalue weighted by Crippen LogP contribution is -2.25. The molecule has 0 fully saturated rings. The molecule has 1 aromatic rings. The number of hydrogen-bond acceptors (Lipinski definition) is 5. The number of anilines is 2. The van der Waals surface area contributed by atoms with Gasteiger partial charge in [-0.25, -0.2) is 0 Å². The first-order valence-corrected chi connectivity index (χ1v) is 5.55. The van der Waals surface area contributed by atoms with Gasteiger partial charge in [-0.2, -0.15) is 0 Å². The van der Waals surface area contributed by atoms with Gasteiger partial charge in [0.05, 0.1) is 23.5 Å². The van der Waals surface area contributed by atoms with Crippen LogP contribution in [0, 0.1) is 0 Å². The van der Waals surface area contributed by atoms with Crippen molar-refractivity contribution in [2.24, 2.45) is 0 Å². The molecule has 7 heteroatoms. The van der Waals surface area contributed by atoms with Crippen molar-refractivity contribution < 1.29 is 19.1 Å². The highest BCUT2D eigenvalue weighted by atomic mass is 35.5. The molecule has 2 N–H and O–H groups in total. The van der Waals surface area contributed by atoms with E-state index in [1.807, 2.05) is 0 Å². The van der Waals surface area contributed by atoms with Gasteiger partial charge in [0.1, 0.15) is 12.3 Å². The number of amides is 1. The zero-order chi connectivity index (χ0) is 13.1. The van der Waals surface area contributed by atoms with E-state index in [0.29, 0.717) is 22.1 Å². The summed E-state index contributed by atoms with van der Waals surface area (Å²) in [4.78, 5) is 22.1. The van der Waals surface area contributed by atoms with Crippen molar-refractivity contribution in [2.45, 2.75) is 0 Å². The molecule has 1 aromatic carbocycles. The third-order valence-electron chi connectivity index (χ3n) is 2.35. The Hall–Kier alpha value is -1.95. The van der Waals surface area contributed by atoms with E-state index < -0.39 is 5.97 Å². The van der Waals surface area contributed by atoms with Gasteiger partial charge in [-0.1, -0.05) is 11.6 Å². The number of hydrogen-bond donors (Lipinski definition) is 2. The molecule has 0 radical (unpaired) electrons. The minimum absolute atomic E-state index is 0.00135. The summed E-state index contributed by atoms with van der Waals surface area (Å²) in [6.45, 7) is -0.0353. The first-order chi connectivity index (χ1) is 8.60. The summed E-state index contributed by atoms with van der Waals surface area (Å²) in [7, 11) is 1.30. The number of rotatable bonds is 3. The van der Waals surface area contributed by atoms with Gasteiger partial charge in [-0.3, -0.25) is 9.59 Å². The molecule has 0 saturated heterocycles. The zero-order valence-corrected chi connectivity index (χ0v) is 10.3. The van der Waals surface area contributed by atoms with E-state index in [1.54, 1.807) is 12.1 Å². The maximum Gasteiger partial charge on any atom is 0.325 e. The lowest BCUT2D eigenvalue weighted by Gasteiger charge is -2.19. The van der Waals surface area contributed by atoms with Crippen LogP contribution in [0.3, 0.4) is 0 Å². The standard InChI is InChI=1S/C11H11ClN2O4/c1-17-11(16)4-13-7-3-9-8(2-6(7)12)14-10(15)5-18-9/h2-3,13H,4-5H2,1H3,(H,14,15). The van der Waals surface area contributed by atoms with Crippen LogP contribution in [-0.4, -0.2) is 32.1 Å². The van der Waals surface area contributed by atoms with Crippen LogP contribution in [0.2, 0.25) is 5.02 Å². The van der Waals surface area contributed by atoms with E-state index in [0.717, 1.165) is 0 Å². The number of benzene rings is 1. The van der Waals surface area contributed by atoms with Crippen LogP contribution in [-0.2, 0) is 14.3 Å². The molecule has 0 spiro atoms. The highest BCUT2D eigenvalue weighted by Gasteiger charge is 2.18. The first kappa shape index (κ1) is 12.5. The van der Waals surface area contributed by atoms with Gasteiger partial charge in [0.2, 0.25) is 0 Å². The Morgan fingerprint density at radius 2 is 2.39 bits per heavy atom. The molecule has 0 atom stereocenters. The lowest BCUT2D eigenvalue weighted by atomic mass is 10.2. The number of esters is 1. The minimum Gasteiger partial charge on any atom is -0.482 e. The Labute approximate surface area is 108 Å². The fourth-order valence-electron chi connectivity index (χ4n) is 1.48. The smallest absolute Gasteiger partial charge is 0.325 e. The van der Waals surface area contributed by atoms with E-state index in [9.17, 15) is 9.59 Å². The number of nitrogens with one attached hydrogen (secondary N) is 2. The monoisotopic (exact) mass is 270 g/mol. The van der Waals surface area contributed by atoms with Crippen LogP contribution in [0.5, 0.6) is 5.75 Å². The van der Waals surface area contributed by atoms with E-state index in [-0.39, 0.29) is 19.1 Å². The zero-order valence-electron chi connectivity index (χ0n) is 9.58. The van der Waals surface area contributed by atoms with E-state index in [1.165, 1.54) is 7.11 Å². The van der Waals surface area contributed by atoms with Gasteiger partial charge < -0.3 is 20.1 Å². The molecule has 18 heavy (non-hydrogen) atoms. The van der Waals surface area contributed by atoms with Crippen molar-refractivity contribution in [3.8, 4) is 5.75 Å². The number of carbonyl (C=O) groups excluding carboxylic acids is 2. The second-order valence-electron chi connectivity index (χ2n) is 3.59. The van der Waals surface area contributed by atoms with Crippen molar-refractivity contribution in [3.63, 3.8) is 0 Å². The predicted octanol–water partition coefficient (Wildman–Crippen LogP) is 1.26. The lowest BCUT2D eigenvalue weighted by molar-refractivity contribution is -0.138. The summed E-state index contributed by atoms with van der Waals surface area (Å²) in [5.41, 5.74) is 1.05. The summed E-state index contributed by atoms with van der Waals surface area (Å²) in [6.07, 6.45) is 0. The van der Waals surface area contributed by atoms with Gasteiger partial charge >= 0.3 is 5.97 Å². The number of halogens is 1. The molecule has 1 heterocycles. The largest absolute Gasteiger partial charge is 0.482 e. The van der Waals surface area contributed by atoms with Crippen molar-refractivity contribution >= 4 is 34.9 Å². The Morgan fingerprint density at radius 1 is 1.61 bits per heavy atom. The van der Waals surface area contributed by atoms with Gasteiger partial charge in [-0.15, -0.1) is 0 Å². The normalized spacial score (nSPS) is 13.1. The third kappa shape index (κ3) is 2.65. The molecule has 1 amide bonds. The van der Waals surface area contributed by atoms with Crippen molar-refractivity contribution in [1.82, 2.24) is 0 Å². The highest BCUT2D eigenvalue weighted by Crippen LogP contribution is 2.36. The number of ether oxygens (including phenoxy) is 2. The van der Waals surface area contributed by atoms with Crippen molar-refractivity contribution in [1.29, 1.82) is 0 Å². The molecule has 1 aliphatic heterocycles. The minimum atomic E-state index is -0.405. The molecule has 0 unspecified atom stereocenters. The first-order valence-electron chi connectivity index (χ1n) is 5.17. The van der Waals surface area contributed by atoms with Crippen LogP contribution in [0.4, 0.5) is 11.4 Å². The second kappa shape index (κ2) is 5.14. The molecule has 2 rings (SSSR count). The Balaban J connectivity index is 2.17. The van der Waals surface area contributed by atoms with Gasteiger partial charge in [0, 0.05) is 6.07 Å². The van der Waals surface area contributed by atoms with Crippen LogP contribution in [0.15, 0.2) is 12.1 Å². The fraction of sp³-hybridized carbons (Fsp3) is 0.273. The van der Waals surface area contributed by atoms with Crippen molar-refractivity contribution in [3.05, 3.63) is 17.2 Å². The predicted molar refractivity (Wildman–Crippen MR) is 66.1 cm³/mol. The molecule has 0 aromatic heterocycles. The quantitative estimate of drug-likeness (QED) is 0.809. The number of fused-ring (bicyclic) bond motifs is 1. The Morgan fingerprint density at radius 3 is 3.11 bits per heavy atom. The average Bonchev–Trinajstić information content (AvgIpc) is 2.35. The van der Waals surface area contributed by atoms with Crippen molar-refractivity contribution in [2.75, 3.05) is 30.9 Å². The molecule has 96 valence electrons. The van der Waals surface area contributed by atoms with Crippen LogP contribution >= 0.6 is 11.6 Å². The second-order valence-corrected chi connectivity index (χ2v) is 4.00. The summed E-state index contributed by atoms with van der Waals surface area (Å²) >= 11 is 6.01.